The molecule has 0 aromatic carbocycles. The van der Waals surface area contributed by atoms with Crippen molar-refractivity contribution in [2.45, 2.75) is 44.8 Å². The Hall–Kier alpha value is -1.03. The molecule has 0 unspecified atom stereocenters. The molecule has 0 atom stereocenters. The molecule has 1 aliphatic carbocycles. The number of hydrogen-bond acceptors (Lipinski definition) is 3. The van der Waals surface area contributed by atoms with Gasteiger partial charge in [-0.1, -0.05) is 0 Å². The molecule has 1 aromatic heterocycles. The predicted octanol–water partition coefficient (Wildman–Crippen LogP) is 1.90. The molecule has 1 saturated carbocycles. The first-order chi connectivity index (χ1) is 7.22. The molecule has 1 heterocycles. The van der Waals surface area contributed by atoms with Gasteiger partial charge in [0.25, 0.3) is 0 Å². The van der Waals surface area contributed by atoms with Crippen LogP contribution in [0.15, 0.2) is 6.20 Å². The highest BCUT2D eigenvalue weighted by molar-refractivity contribution is 5.39. The van der Waals surface area contributed by atoms with Gasteiger partial charge >= 0.3 is 0 Å². The molecule has 1 aromatic rings. The van der Waals surface area contributed by atoms with E-state index < -0.39 is 0 Å². The smallest absolute Gasteiger partial charge is 0.0730 e. The Kier molecular flexibility index (Phi) is 2.95. The van der Waals surface area contributed by atoms with Crippen LogP contribution >= 0.6 is 0 Å². The van der Waals surface area contributed by atoms with Crippen LogP contribution in [0.1, 0.15) is 37.4 Å². The summed E-state index contributed by atoms with van der Waals surface area (Å²) >= 11 is 0. The van der Waals surface area contributed by atoms with E-state index in [0.29, 0.717) is 12.1 Å². The summed E-state index contributed by atoms with van der Waals surface area (Å²) in [6.45, 7) is 2.03. The number of nitrogens with zero attached hydrogens (tertiary/aromatic N) is 2. The van der Waals surface area contributed by atoms with E-state index >= 15 is 0 Å². The van der Waals surface area contributed by atoms with E-state index in [0.717, 1.165) is 37.1 Å². The number of nitrogen functional groups attached to an aromatic ring is 1. The molecule has 0 saturated heterocycles. The molecule has 4 nitrogen and oxygen atoms in total. The maximum atomic E-state index is 5.79. The fraction of sp³-hybridized carbons (Fsp3) is 0.727. The van der Waals surface area contributed by atoms with Crippen molar-refractivity contribution in [3.8, 4) is 0 Å². The molecule has 0 bridgehead atoms. The Balaban J connectivity index is 2.04. The van der Waals surface area contributed by atoms with Crippen molar-refractivity contribution in [2.24, 2.45) is 0 Å². The number of methoxy groups -OCH3 is 1. The average Bonchev–Trinajstić information content (AvgIpc) is 2.60. The van der Waals surface area contributed by atoms with Crippen LogP contribution in [0.2, 0.25) is 0 Å². The molecule has 4 heteroatoms. The molecule has 0 spiro atoms. The van der Waals surface area contributed by atoms with Gasteiger partial charge in [0.15, 0.2) is 0 Å². The third kappa shape index (κ3) is 2.00. The lowest BCUT2D eigenvalue weighted by atomic mass is 9.93. The maximum absolute atomic E-state index is 5.79. The summed E-state index contributed by atoms with van der Waals surface area (Å²) in [7, 11) is 1.79. The lowest BCUT2D eigenvalue weighted by Gasteiger charge is -2.28. The SMILES string of the molecule is COC1CCC(n2ncc(N)c2C)CC1. The molecule has 1 fully saturated rings. The fourth-order valence-corrected chi connectivity index (χ4v) is 2.33. The third-order valence-electron chi connectivity index (χ3n) is 3.41. The second-order valence-electron chi connectivity index (χ2n) is 4.30. The minimum Gasteiger partial charge on any atom is -0.396 e. The first-order valence-corrected chi connectivity index (χ1v) is 5.54. The summed E-state index contributed by atoms with van der Waals surface area (Å²) in [6.07, 6.45) is 6.72. The number of aromatic nitrogens is 2. The standard InChI is InChI=1S/C11H19N3O/c1-8-11(12)7-13-14(8)9-3-5-10(15-2)6-4-9/h7,9-10H,3-6,12H2,1-2H3. The van der Waals surface area contributed by atoms with E-state index in [4.69, 9.17) is 10.5 Å². The number of ether oxygens (including phenoxy) is 1. The van der Waals surface area contributed by atoms with Gasteiger partial charge in [-0.05, 0) is 32.6 Å². The molecule has 0 radical (unpaired) electrons. The molecule has 2 rings (SSSR count). The zero-order chi connectivity index (χ0) is 10.8. The van der Waals surface area contributed by atoms with Crippen LogP contribution in [0.3, 0.4) is 0 Å². The number of rotatable bonds is 2. The summed E-state index contributed by atoms with van der Waals surface area (Å²) < 4.78 is 7.43. The zero-order valence-corrected chi connectivity index (χ0v) is 9.44. The Morgan fingerprint density at radius 1 is 1.40 bits per heavy atom. The van der Waals surface area contributed by atoms with Gasteiger partial charge in [-0.3, -0.25) is 4.68 Å². The van der Waals surface area contributed by atoms with E-state index in [2.05, 4.69) is 9.78 Å². The van der Waals surface area contributed by atoms with E-state index in [-0.39, 0.29) is 0 Å². The van der Waals surface area contributed by atoms with Gasteiger partial charge in [-0.25, -0.2) is 0 Å². The predicted molar refractivity (Wildman–Crippen MR) is 59.7 cm³/mol. The summed E-state index contributed by atoms with van der Waals surface area (Å²) in [4.78, 5) is 0. The second kappa shape index (κ2) is 4.23. The summed E-state index contributed by atoms with van der Waals surface area (Å²) in [6, 6.07) is 0.508. The summed E-state index contributed by atoms with van der Waals surface area (Å²) in [5, 5.41) is 4.34. The molecule has 0 aliphatic heterocycles. The van der Waals surface area contributed by atoms with Gasteiger partial charge in [-0.15, -0.1) is 0 Å². The van der Waals surface area contributed by atoms with Gasteiger partial charge in [0.05, 0.1) is 29.7 Å². The highest BCUT2D eigenvalue weighted by Crippen LogP contribution is 2.30. The molecule has 0 amide bonds. The largest absolute Gasteiger partial charge is 0.396 e. The lowest BCUT2D eigenvalue weighted by Crippen LogP contribution is -2.23. The molecular formula is C11H19N3O. The van der Waals surface area contributed by atoms with Crippen LogP contribution in [0.5, 0.6) is 0 Å². The van der Waals surface area contributed by atoms with Crippen LogP contribution in [-0.4, -0.2) is 23.0 Å². The van der Waals surface area contributed by atoms with Crippen molar-refractivity contribution >= 4 is 5.69 Å². The van der Waals surface area contributed by atoms with E-state index in [9.17, 15) is 0 Å². The first-order valence-electron chi connectivity index (χ1n) is 5.54. The van der Waals surface area contributed by atoms with Crippen molar-refractivity contribution in [3.05, 3.63) is 11.9 Å². The van der Waals surface area contributed by atoms with Crippen molar-refractivity contribution < 1.29 is 4.74 Å². The van der Waals surface area contributed by atoms with Crippen molar-refractivity contribution in [1.82, 2.24) is 9.78 Å². The van der Waals surface area contributed by atoms with E-state index in [1.807, 2.05) is 6.92 Å². The Morgan fingerprint density at radius 3 is 2.53 bits per heavy atom. The molecule has 2 N–H and O–H groups in total. The minimum atomic E-state index is 0.439. The monoisotopic (exact) mass is 209 g/mol. The van der Waals surface area contributed by atoms with Gasteiger partial charge in [-0.2, -0.15) is 5.10 Å². The minimum absolute atomic E-state index is 0.439. The summed E-state index contributed by atoms with van der Waals surface area (Å²) in [5.41, 5.74) is 7.68. The lowest BCUT2D eigenvalue weighted by molar-refractivity contribution is 0.0565. The topological polar surface area (TPSA) is 53.1 Å². The van der Waals surface area contributed by atoms with Gasteiger partial charge < -0.3 is 10.5 Å². The van der Waals surface area contributed by atoms with Crippen molar-refractivity contribution in [3.63, 3.8) is 0 Å². The maximum Gasteiger partial charge on any atom is 0.0730 e. The quantitative estimate of drug-likeness (QED) is 0.809. The van der Waals surface area contributed by atoms with Crippen LogP contribution in [-0.2, 0) is 4.74 Å². The summed E-state index contributed by atoms with van der Waals surface area (Å²) in [5.74, 6) is 0. The number of nitrogens with two attached hydrogens (primary N) is 1. The first kappa shape index (κ1) is 10.5. The molecule has 84 valence electrons. The van der Waals surface area contributed by atoms with Crippen LogP contribution in [0, 0.1) is 6.92 Å². The third-order valence-corrected chi connectivity index (χ3v) is 3.41. The molecule has 1 aliphatic rings. The number of anilines is 1. The highest BCUT2D eigenvalue weighted by Gasteiger charge is 2.23. The van der Waals surface area contributed by atoms with Gasteiger partial charge in [0.1, 0.15) is 0 Å². The van der Waals surface area contributed by atoms with Gasteiger partial charge in [0.2, 0.25) is 0 Å². The highest BCUT2D eigenvalue weighted by atomic mass is 16.5. The van der Waals surface area contributed by atoms with Gasteiger partial charge in [0, 0.05) is 7.11 Å². The Labute approximate surface area is 90.4 Å². The molecular weight excluding hydrogens is 190 g/mol. The van der Waals surface area contributed by atoms with Crippen LogP contribution in [0.4, 0.5) is 5.69 Å². The van der Waals surface area contributed by atoms with Crippen LogP contribution in [0.25, 0.3) is 0 Å². The van der Waals surface area contributed by atoms with Crippen LogP contribution < -0.4 is 5.73 Å². The Morgan fingerprint density at radius 2 is 2.07 bits per heavy atom. The normalized spacial score (nSPS) is 26.8. The van der Waals surface area contributed by atoms with Crippen molar-refractivity contribution in [1.29, 1.82) is 0 Å². The molecule has 15 heavy (non-hydrogen) atoms. The second-order valence-corrected chi connectivity index (χ2v) is 4.30. The average molecular weight is 209 g/mol. The Bertz CT molecular complexity index is 327. The fourth-order valence-electron chi connectivity index (χ4n) is 2.33. The zero-order valence-electron chi connectivity index (χ0n) is 9.44. The van der Waals surface area contributed by atoms with E-state index in [1.54, 1.807) is 13.3 Å². The van der Waals surface area contributed by atoms with Crippen molar-refractivity contribution in [2.75, 3.05) is 12.8 Å². The number of hydrogen-bond donors (Lipinski definition) is 1. The van der Waals surface area contributed by atoms with E-state index in [1.165, 1.54) is 0 Å².